The number of nitrogens with zero attached hydrogens (tertiary/aromatic N) is 1. The summed E-state index contributed by atoms with van der Waals surface area (Å²) >= 11 is 0. The molecule has 0 aromatic heterocycles. The molecule has 98 valence electrons. The second-order valence-corrected chi connectivity index (χ2v) is 4.84. The van der Waals surface area contributed by atoms with Crippen molar-refractivity contribution in [2.75, 3.05) is 13.1 Å². The van der Waals surface area contributed by atoms with Crippen LogP contribution in [0, 0.1) is 0 Å². The average molecular weight is 249 g/mol. The molecule has 1 aliphatic heterocycles. The number of Topliss-reactive ketones (excluding diaryl/α,β-unsaturated/α-hetero) is 1. The topological polar surface area (TPSA) is 60.8 Å². The fourth-order valence-corrected chi connectivity index (χ4v) is 2.39. The number of piperidine rings is 1. The van der Waals surface area contributed by atoms with Gasteiger partial charge in [-0.15, -0.1) is 0 Å². The van der Waals surface area contributed by atoms with Gasteiger partial charge in [-0.25, -0.2) is 0 Å². The summed E-state index contributed by atoms with van der Waals surface area (Å²) in [7, 11) is 0. The minimum absolute atomic E-state index is 0.00722. The Balaban J connectivity index is 2.11. The van der Waals surface area contributed by atoms with Crippen LogP contribution >= 0.6 is 0 Å². The Kier molecular flexibility index (Phi) is 3.87. The van der Waals surface area contributed by atoms with E-state index in [9.17, 15) is 15.0 Å². The predicted molar refractivity (Wildman–Crippen MR) is 69.0 cm³/mol. The van der Waals surface area contributed by atoms with Crippen LogP contribution in [0.3, 0.4) is 0 Å². The Bertz CT molecular complexity index is 439. The summed E-state index contributed by atoms with van der Waals surface area (Å²) in [5.74, 6) is -0.448. The van der Waals surface area contributed by atoms with E-state index in [1.54, 1.807) is 6.07 Å². The highest BCUT2D eigenvalue weighted by Gasteiger charge is 2.24. The quantitative estimate of drug-likeness (QED) is 0.636. The van der Waals surface area contributed by atoms with E-state index in [1.807, 2.05) is 6.92 Å². The molecule has 0 unspecified atom stereocenters. The first-order valence-corrected chi connectivity index (χ1v) is 6.40. The van der Waals surface area contributed by atoms with Gasteiger partial charge in [0.15, 0.2) is 17.3 Å². The van der Waals surface area contributed by atoms with E-state index in [0.29, 0.717) is 5.56 Å². The standard InChI is InChI=1S/C14H19NO3/c1-10(15-7-3-2-4-8-15)14(18)11-5-6-12(16)13(17)9-11/h5-6,9-10,16-17H,2-4,7-8H2,1H3/t10-/m0/s1. The Morgan fingerprint density at radius 1 is 1.17 bits per heavy atom. The molecule has 0 bridgehead atoms. The van der Waals surface area contributed by atoms with Crippen LogP contribution in [0.4, 0.5) is 0 Å². The molecule has 1 heterocycles. The van der Waals surface area contributed by atoms with Crippen LogP contribution < -0.4 is 0 Å². The monoisotopic (exact) mass is 249 g/mol. The maximum absolute atomic E-state index is 12.3. The second kappa shape index (κ2) is 5.40. The van der Waals surface area contributed by atoms with E-state index >= 15 is 0 Å². The molecule has 4 nitrogen and oxygen atoms in total. The number of likely N-dealkylation sites (tertiary alicyclic amines) is 1. The minimum atomic E-state index is -0.244. The van der Waals surface area contributed by atoms with Crippen LogP contribution in [0.5, 0.6) is 11.5 Å². The van der Waals surface area contributed by atoms with Gasteiger partial charge >= 0.3 is 0 Å². The van der Waals surface area contributed by atoms with Crippen molar-refractivity contribution in [2.45, 2.75) is 32.2 Å². The van der Waals surface area contributed by atoms with Crippen molar-refractivity contribution in [1.82, 2.24) is 4.90 Å². The number of aromatic hydroxyl groups is 2. The lowest BCUT2D eigenvalue weighted by Crippen LogP contribution is -2.42. The van der Waals surface area contributed by atoms with E-state index in [-0.39, 0.29) is 23.3 Å². The number of benzene rings is 1. The molecule has 2 N–H and O–H groups in total. The predicted octanol–water partition coefficient (Wildman–Crippen LogP) is 2.15. The molecule has 0 amide bonds. The largest absolute Gasteiger partial charge is 0.504 e. The van der Waals surface area contributed by atoms with Crippen molar-refractivity contribution in [1.29, 1.82) is 0 Å². The summed E-state index contributed by atoms with van der Waals surface area (Å²) in [6, 6.07) is 4.07. The van der Waals surface area contributed by atoms with E-state index in [4.69, 9.17) is 0 Å². The van der Waals surface area contributed by atoms with Crippen molar-refractivity contribution >= 4 is 5.78 Å². The molecule has 1 saturated heterocycles. The maximum Gasteiger partial charge on any atom is 0.179 e. The van der Waals surface area contributed by atoms with Crippen LogP contribution in [0.15, 0.2) is 18.2 Å². The number of phenolic OH excluding ortho intramolecular Hbond substituents is 2. The van der Waals surface area contributed by atoms with Gasteiger partial charge in [-0.3, -0.25) is 9.69 Å². The highest BCUT2D eigenvalue weighted by molar-refractivity contribution is 6.00. The van der Waals surface area contributed by atoms with Gasteiger partial charge in [0.25, 0.3) is 0 Å². The van der Waals surface area contributed by atoms with Crippen LogP contribution in [0.1, 0.15) is 36.5 Å². The van der Waals surface area contributed by atoms with Gasteiger partial charge in [0, 0.05) is 5.56 Å². The van der Waals surface area contributed by atoms with E-state index in [2.05, 4.69) is 4.90 Å². The zero-order valence-electron chi connectivity index (χ0n) is 10.6. The summed E-state index contributed by atoms with van der Waals surface area (Å²) in [6.45, 7) is 3.81. The first-order chi connectivity index (χ1) is 8.59. The van der Waals surface area contributed by atoms with Crippen molar-refractivity contribution in [3.63, 3.8) is 0 Å². The zero-order valence-corrected chi connectivity index (χ0v) is 10.6. The molecule has 1 atom stereocenters. The lowest BCUT2D eigenvalue weighted by Gasteiger charge is -2.31. The Hall–Kier alpha value is -1.55. The number of carbonyl (C=O) groups excluding carboxylic acids is 1. The van der Waals surface area contributed by atoms with E-state index in [1.165, 1.54) is 18.6 Å². The van der Waals surface area contributed by atoms with Gasteiger partial charge in [0.2, 0.25) is 0 Å². The number of hydrogen-bond donors (Lipinski definition) is 2. The number of hydrogen-bond acceptors (Lipinski definition) is 4. The van der Waals surface area contributed by atoms with Gasteiger partial charge in [-0.2, -0.15) is 0 Å². The fourth-order valence-electron chi connectivity index (χ4n) is 2.39. The summed E-state index contributed by atoms with van der Waals surface area (Å²) in [5, 5.41) is 18.7. The van der Waals surface area contributed by atoms with Crippen molar-refractivity contribution in [3.05, 3.63) is 23.8 Å². The first-order valence-electron chi connectivity index (χ1n) is 6.40. The smallest absolute Gasteiger partial charge is 0.179 e. The van der Waals surface area contributed by atoms with Crippen LogP contribution in [-0.2, 0) is 0 Å². The van der Waals surface area contributed by atoms with Gasteiger partial charge in [-0.1, -0.05) is 6.42 Å². The van der Waals surface area contributed by atoms with Crippen LogP contribution in [0.2, 0.25) is 0 Å². The van der Waals surface area contributed by atoms with Gasteiger partial charge in [0.05, 0.1) is 6.04 Å². The number of rotatable bonds is 3. The highest BCUT2D eigenvalue weighted by Crippen LogP contribution is 2.26. The van der Waals surface area contributed by atoms with Gasteiger partial charge in [0.1, 0.15) is 0 Å². The molecule has 0 saturated carbocycles. The summed E-state index contributed by atoms with van der Waals surface area (Å²) < 4.78 is 0. The Labute approximate surface area is 107 Å². The zero-order chi connectivity index (χ0) is 13.1. The number of ketones is 1. The first kappa shape index (κ1) is 12.9. The number of phenols is 2. The third kappa shape index (κ3) is 2.64. The third-order valence-corrected chi connectivity index (χ3v) is 3.58. The molecule has 18 heavy (non-hydrogen) atoms. The molecule has 0 aliphatic carbocycles. The van der Waals surface area contributed by atoms with Crippen molar-refractivity contribution in [3.8, 4) is 11.5 Å². The highest BCUT2D eigenvalue weighted by atomic mass is 16.3. The molecule has 0 spiro atoms. The average Bonchev–Trinajstić information content (AvgIpc) is 2.41. The van der Waals surface area contributed by atoms with Gasteiger partial charge in [-0.05, 0) is 51.1 Å². The SMILES string of the molecule is C[C@@H](C(=O)c1ccc(O)c(O)c1)N1CCCCC1. The number of carbonyl (C=O) groups is 1. The van der Waals surface area contributed by atoms with Crippen molar-refractivity contribution < 1.29 is 15.0 Å². The molecule has 1 fully saturated rings. The minimum Gasteiger partial charge on any atom is -0.504 e. The molecule has 1 aromatic rings. The van der Waals surface area contributed by atoms with E-state index < -0.39 is 0 Å². The summed E-state index contributed by atoms with van der Waals surface area (Å²) in [4.78, 5) is 14.4. The van der Waals surface area contributed by atoms with E-state index in [0.717, 1.165) is 25.9 Å². The third-order valence-electron chi connectivity index (χ3n) is 3.58. The molecule has 1 aromatic carbocycles. The molecular formula is C14H19NO3. The Morgan fingerprint density at radius 3 is 2.44 bits per heavy atom. The molecule has 4 heteroatoms. The summed E-state index contributed by atoms with van der Waals surface area (Å²) in [6.07, 6.45) is 3.51. The molecule has 0 radical (unpaired) electrons. The van der Waals surface area contributed by atoms with Gasteiger partial charge < -0.3 is 10.2 Å². The van der Waals surface area contributed by atoms with Crippen LogP contribution in [0.25, 0.3) is 0 Å². The second-order valence-electron chi connectivity index (χ2n) is 4.84. The molecule has 1 aliphatic rings. The van der Waals surface area contributed by atoms with Crippen LogP contribution in [-0.4, -0.2) is 40.0 Å². The normalized spacial score (nSPS) is 18.5. The van der Waals surface area contributed by atoms with Crippen molar-refractivity contribution in [2.24, 2.45) is 0 Å². The maximum atomic E-state index is 12.3. The lowest BCUT2D eigenvalue weighted by molar-refractivity contribution is 0.0808. The molecule has 2 rings (SSSR count). The summed E-state index contributed by atoms with van der Waals surface area (Å²) in [5.41, 5.74) is 0.448. The fraction of sp³-hybridized carbons (Fsp3) is 0.500. The molecular weight excluding hydrogens is 230 g/mol. The Morgan fingerprint density at radius 2 is 1.83 bits per heavy atom. The lowest BCUT2D eigenvalue weighted by atomic mass is 10.0.